The second-order valence-electron chi connectivity index (χ2n) is 9.70. The van der Waals surface area contributed by atoms with Crippen LogP contribution in [-0.4, -0.2) is 30.7 Å². The SMILES string of the molecule is C#CC1(O)CC[C@H]2[C@@H]3CC=C4CC(OCOC)CC[C@]4(C)[C@@H]3CC[C@@]21C. The van der Waals surface area contributed by atoms with Gasteiger partial charge in [0.15, 0.2) is 0 Å². The van der Waals surface area contributed by atoms with Crippen LogP contribution in [-0.2, 0) is 9.47 Å². The van der Waals surface area contributed by atoms with E-state index >= 15 is 0 Å². The van der Waals surface area contributed by atoms with Gasteiger partial charge in [-0.15, -0.1) is 6.42 Å². The van der Waals surface area contributed by atoms with Crippen molar-refractivity contribution in [3.8, 4) is 12.3 Å². The van der Waals surface area contributed by atoms with Gasteiger partial charge in [-0.3, -0.25) is 0 Å². The molecule has 3 saturated carbocycles. The second kappa shape index (κ2) is 6.36. The summed E-state index contributed by atoms with van der Waals surface area (Å²) in [6.45, 7) is 5.15. The maximum Gasteiger partial charge on any atom is 0.146 e. The van der Waals surface area contributed by atoms with E-state index in [1.165, 1.54) is 12.8 Å². The Labute approximate surface area is 158 Å². The molecule has 3 nitrogen and oxygen atoms in total. The van der Waals surface area contributed by atoms with E-state index < -0.39 is 5.60 Å². The van der Waals surface area contributed by atoms with Crippen molar-refractivity contribution in [2.75, 3.05) is 13.9 Å². The second-order valence-corrected chi connectivity index (χ2v) is 9.70. The minimum Gasteiger partial charge on any atom is -0.377 e. The predicted octanol–water partition coefficient (Wildman–Crippen LogP) is 4.30. The molecule has 4 aliphatic rings. The lowest BCUT2D eigenvalue weighted by Crippen LogP contribution is -2.54. The van der Waals surface area contributed by atoms with E-state index in [1.807, 2.05) is 0 Å². The number of methoxy groups -OCH3 is 1. The maximum absolute atomic E-state index is 11.1. The van der Waals surface area contributed by atoms with Crippen LogP contribution in [0, 0.1) is 40.9 Å². The molecule has 0 spiro atoms. The average molecular weight is 359 g/mol. The number of allylic oxidation sites excluding steroid dienone is 1. The molecule has 0 amide bonds. The van der Waals surface area contributed by atoms with Gasteiger partial charge < -0.3 is 14.6 Å². The van der Waals surface area contributed by atoms with Crippen molar-refractivity contribution in [3.05, 3.63) is 11.6 Å². The van der Waals surface area contributed by atoms with Gasteiger partial charge in [0, 0.05) is 12.5 Å². The number of aliphatic hydroxyl groups is 1. The minimum absolute atomic E-state index is 0.108. The number of hydrogen-bond donors (Lipinski definition) is 1. The van der Waals surface area contributed by atoms with Gasteiger partial charge in [-0.25, -0.2) is 0 Å². The molecule has 0 aromatic rings. The van der Waals surface area contributed by atoms with Crippen LogP contribution in [0.5, 0.6) is 0 Å². The quantitative estimate of drug-likeness (QED) is 0.464. The molecule has 4 rings (SSSR count). The molecule has 0 aromatic carbocycles. The Hall–Kier alpha value is -0.820. The molecule has 2 unspecified atom stereocenters. The van der Waals surface area contributed by atoms with Crippen molar-refractivity contribution in [3.63, 3.8) is 0 Å². The van der Waals surface area contributed by atoms with Crippen LogP contribution < -0.4 is 0 Å². The Bertz CT molecular complexity index is 634. The molecule has 26 heavy (non-hydrogen) atoms. The third-order valence-electron chi connectivity index (χ3n) is 8.87. The summed E-state index contributed by atoms with van der Waals surface area (Å²) in [6.07, 6.45) is 17.2. The first-order valence-corrected chi connectivity index (χ1v) is 10.4. The van der Waals surface area contributed by atoms with Gasteiger partial charge in [0.05, 0.1) is 6.10 Å². The summed E-state index contributed by atoms with van der Waals surface area (Å²) in [5, 5.41) is 11.1. The highest BCUT2D eigenvalue weighted by atomic mass is 16.7. The van der Waals surface area contributed by atoms with Gasteiger partial charge in [0.25, 0.3) is 0 Å². The van der Waals surface area contributed by atoms with Gasteiger partial charge >= 0.3 is 0 Å². The van der Waals surface area contributed by atoms with Crippen molar-refractivity contribution in [1.29, 1.82) is 0 Å². The summed E-state index contributed by atoms with van der Waals surface area (Å²) in [7, 11) is 1.69. The molecule has 0 bridgehead atoms. The van der Waals surface area contributed by atoms with Crippen LogP contribution in [0.4, 0.5) is 0 Å². The Balaban J connectivity index is 1.58. The molecule has 4 aliphatic carbocycles. The Morgan fingerprint density at radius 2 is 1.96 bits per heavy atom. The zero-order valence-corrected chi connectivity index (χ0v) is 16.6. The first-order valence-electron chi connectivity index (χ1n) is 10.4. The fraction of sp³-hybridized carbons (Fsp3) is 0.826. The molecule has 3 fully saturated rings. The summed E-state index contributed by atoms with van der Waals surface area (Å²) in [4.78, 5) is 0. The highest BCUT2D eigenvalue weighted by Gasteiger charge is 2.63. The smallest absolute Gasteiger partial charge is 0.146 e. The molecule has 1 N–H and O–H groups in total. The summed E-state index contributed by atoms with van der Waals surface area (Å²) in [6, 6.07) is 0. The van der Waals surface area contributed by atoms with Crippen LogP contribution in [0.25, 0.3) is 0 Å². The van der Waals surface area contributed by atoms with Gasteiger partial charge in [-0.05, 0) is 74.5 Å². The van der Waals surface area contributed by atoms with E-state index in [4.69, 9.17) is 15.9 Å². The first kappa shape index (κ1) is 18.5. The van der Waals surface area contributed by atoms with Crippen molar-refractivity contribution < 1.29 is 14.6 Å². The minimum atomic E-state index is -0.904. The first-order chi connectivity index (χ1) is 12.4. The largest absolute Gasteiger partial charge is 0.377 e. The number of rotatable bonds is 3. The Kier molecular flexibility index (Phi) is 4.54. The summed E-state index contributed by atoms with van der Waals surface area (Å²) in [5.74, 6) is 4.73. The molecule has 0 heterocycles. The lowest BCUT2D eigenvalue weighted by atomic mass is 9.47. The summed E-state index contributed by atoms with van der Waals surface area (Å²) >= 11 is 0. The fourth-order valence-corrected chi connectivity index (χ4v) is 7.19. The fourth-order valence-electron chi connectivity index (χ4n) is 7.19. The molecule has 144 valence electrons. The van der Waals surface area contributed by atoms with Crippen molar-refractivity contribution >= 4 is 0 Å². The summed E-state index contributed by atoms with van der Waals surface area (Å²) < 4.78 is 11.0. The van der Waals surface area contributed by atoms with Crippen LogP contribution in [0.2, 0.25) is 0 Å². The summed E-state index contributed by atoms with van der Waals surface area (Å²) in [5.41, 5.74) is 0.899. The van der Waals surface area contributed by atoms with E-state index in [2.05, 4.69) is 25.8 Å². The zero-order valence-electron chi connectivity index (χ0n) is 16.6. The van der Waals surface area contributed by atoms with Gasteiger partial charge in [0.1, 0.15) is 12.4 Å². The highest BCUT2D eigenvalue weighted by Crippen LogP contribution is 2.67. The van der Waals surface area contributed by atoms with Crippen molar-refractivity contribution in [1.82, 2.24) is 0 Å². The standard InChI is InChI=1S/C23H34O3/c1-5-23(24)13-10-20-18-7-6-16-14-17(26-15-25-4)8-11-21(16,2)19(18)9-12-22(20,23)3/h1,6,17-20,24H,7-15H2,2-4H3/t17?,18-,19-,20+,21+,22+,23?/m1/s1. The average Bonchev–Trinajstić information content (AvgIpc) is 2.91. The normalized spacial score (nSPS) is 50.2. The Morgan fingerprint density at radius 3 is 2.69 bits per heavy atom. The molecular formula is C23H34O3. The molecule has 3 heteroatoms. The molecule has 0 aromatic heterocycles. The number of fused-ring (bicyclic) bond motifs is 5. The van der Waals surface area contributed by atoms with E-state index in [9.17, 15) is 5.11 Å². The van der Waals surface area contributed by atoms with Gasteiger partial charge in [0.2, 0.25) is 0 Å². The zero-order chi connectivity index (χ0) is 18.6. The lowest BCUT2D eigenvalue weighted by molar-refractivity contribution is -0.111. The lowest BCUT2D eigenvalue weighted by Gasteiger charge is -2.58. The molecular weight excluding hydrogens is 324 g/mol. The van der Waals surface area contributed by atoms with E-state index in [0.29, 0.717) is 30.1 Å². The number of ether oxygens (including phenoxy) is 2. The van der Waals surface area contributed by atoms with Crippen LogP contribution in [0.3, 0.4) is 0 Å². The number of terminal acetylenes is 1. The highest BCUT2D eigenvalue weighted by molar-refractivity contribution is 5.28. The van der Waals surface area contributed by atoms with Crippen molar-refractivity contribution in [2.45, 2.75) is 76.9 Å². The third-order valence-corrected chi connectivity index (χ3v) is 8.87. The molecule has 0 saturated heterocycles. The van der Waals surface area contributed by atoms with E-state index in [0.717, 1.165) is 44.4 Å². The topological polar surface area (TPSA) is 38.7 Å². The number of hydrogen-bond acceptors (Lipinski definition) is 3. The molecule has 7 atom stereocenters. The molecule has 0 aliphatic heterocycles. The van der Waals surface area contributed by atoms with Crippen LogP contribution in [0.1, 0.15) is 65.2 Å². The van der Waals surface area contributed by atoms with Gasteiger partial charge in [-0.2, -0.15) is 0 Å². The van der Waals surface area contributed by atoms with Crippen LogP contribution in [0.15, 0.2) is 11.6 Å². The van der Waals surface area contributed by atoms with E-state index in [1.54, 1.807) is 12.7 Å². The van der Waals surface area contributed by atoms with Crippen molar-refractivity contribution in [2.24, 2.45) is 28.6 Å². The molecule has 0 radical (unpaired) electrons. The van der Waals surface area contributed by atoms with Gasteiger partial charge in [-0.1, -0.05) is 31.4 Å². The predicted molar refractivity (Wildman–Crippen MR) is 102 cm³/mol. The van der Waals surface area contributed by atoms with Crippen LogP contribution >= 0.6 is 0 Å². The Morgan fingerprint density at radius 1 is 1.19 bits per heavy atom. The van der Waals surface area contributed by atoms with E-state index in [-0.39, 0.29) is 5.41 Å². The third kappa shape index (κ3) is 2.45. The maximum atomic E-state index is 11.1. The monoisotopic (exact) mass is 358 g/mol.